The van der Waals surface area contributed by atoms with Crippen LogP contribution in [0.1, 0.15) is 66.2 Å². The molecule has 0 aromatic heterocycles. The summed E-state index contributed by atoms with van der Waals surface area (Å²) in [4.78, 5) is 0. The summed E-state index contributed by atoms with van der Waals surface area (Å²) in [7, 11) is 0. The molecule has 0 saturated heterocycles. The molecule has 1 fully saturated rings. The van der Waals surface area contributed by atoms with Gasteiger partial charge < -0.3 is 15.2 Å². The van der Waals surface area contributed by atoms with Crippen LogP contribution in [0.3, 0.4) is 0 Å². The van der Waals surface area contributed by atoms with Gasteiger partial charge in [-0.1, -0.05) is 33.6 Å². The van der Waals surface area contributed by atoms with Crippen LogP contribution >= 0.6 is 0 Å². The molecular weight excluding hydrogens is 238 g/mol. The quantitative estimate of drug-likeness (QED) is 0.667. The Morgan fingerprint density at radius 2 is 2.11 bits per heavy atom. The highest BCUT2D eigenvalue weighted by Crippen LogP contribution is 2.26. The highest BCUT2D eigenvalue weighted by molar-refractivity contribution is 4.83. The summed E-state index contributed by atoms with van der Waals surface area (Å²) in [5.74, 6) is 0.823. The molecule has 3 unspecified atom stereocenters. The van der Waals surface area contributed by atoms with Crippen molar-refractivity contribution in [3.8, 4) is 0 Å². The van der Waals surface area contributed by atoms with E-state index in [1.807, 2.05) is 0 Å². The molecule has 0 bridgehead atoms. The molecule has 3 nitrogen and oxygen atoms in total. The number of nitrogens with one attached hydrogen (secondary N) is 1. The third-order valence-corrected chi connectivity index (χ3v) is 4.10. The number of ether oxygens (including phenoxy) is 1. The maximum atomic E-state index is 9.51. The van der Waals surface area contributed by atoms with Crippen LogP contribution in [0.5, 0.6) is 0 Å². The molecule has 2 N–H and O–H groups in total. The zero-order valence-electron chi connectivity index (χ0n) is 13.2. The monoisotopic (exact) mass is 271 g/mol. The zero-order chi connectivity index (χ0) is 14.3. The van der Waals surface area contributed by atoms with E-state index >= 15 is 0 Å². The molecule has 0 heterocycles. The van der Waals surface area contributed by atoms with Gasteiger partial charge in [0.15, 0.2) is 0 Å². The van der Waals surface area contributed by atoms with Crippen molar-refractivity contribution in [3.05, 3.63) is 0 Å². The van der Waals surface area contributed by atoms with Crippen LogP contribution in [0.25, 0.3) is 0 Å². The summed E-state index contributed by atoms with van der Waals surface area (Å²) >= 11 is 0. The van der Waals surface area contributed by atoms with E-state index in [1.54, 1.807) is 0 Å². The first-order valence-corrected chi connectivity index (χ1v) is 7.95. The minimum absolute atomic E-state index is 0.169. The van der Waals surface area contributed by atoms with Gasteiger partial charge in [-0.05, 0) is 38.5 Å². The maximum absolute atomic E-state index is 9.51. The summed E-state index contributed by atoms with van der Waals surface area (Å²) in [5, 5.41) is 13.0. The molecule has 0 aromatic carbocycles. The lowest BCUT2D eigenvalue weighted by Crippen LogP contribution is -2.49. The van der Waals surface area contributed by atoms with Crippen molar-refractivity contribution in [1.29, 1.82) is 0 Å². The Morgan fingerprint density at radius 1 is 1.37 bits per heavy atom. The molecule has 0 spiro atoms. The lowest BCUT2D eigenvalue weighted by molar-refractivity contribution is 0.00981. The van der Waals surface area contributed by atoms with Crippen molar-refractivity contribution in [2.75, 3.05) is 13.2 Å². The number of rotatable bonds is 8. The highest BCUT2D eigenvalue weighted by atomic mass is 16.5. The van der Waals surface area contributed by atoms with E-state index in [1.165, 1.54) is 25.7 Å². The molecule has 3 heteroatoms. The molecular formula is C16H33NO2. The molecule has 19 heavy (non-hydrogen) atoms. The molecule has 3 atom stereocenters. The third kappa shape index (κ3) is 6.73. The number of hydrogen-bond donors (Lipinski definition) is 2. The number of hydrogen-bond acceptors (Lipinski definition) is 3. The van der Waals surface area contributed by atoms with Crippen LogP contribution < -0.4 is 5.32 Å². The van der Waals surface area contributed by atoms with E-state index in [4.69, 9.17) is 4.74 Å². The minimum Gasteiger partial charge on any atom is -0.394 e. The lowest BCUT2D eigenvalue weighted by Gasteiger charge is -2.32. The number of aliphatic hydroxyl groups excluding tert-OH is 1. The van der Waals surface area contributed by atoms with Crippen molar-refractivity contribution in [2.45, 2.75) is 83.9 Å². The molecule has 0 aliphatic heterocycles. The fourth-order valence-corrected chi connectivity index (χ4v) is 3.14. The van der Waals surface area contributed by atoms with Gasteiger partial charge in [-0.25, -0.2) is 0 Å². The van der Waals surface area contributed by atoms with Crippen molar-refractivity contribution in [3.63, 3.8) is 0 Å². The molecule has 114 valence electrons. The van der Waals surface area contributed by atoms with Crippen molar-refractivity contribution in [1.82, 2.24) is 5.32 Å². The standard InChI is InChI=1S/C16H33NO2/c1-13(2)17-16(4,12-18)9-6-10-19-15-8-5-7-14(3)11-15/h13-15,17-18H,5-12H2,1-4H3. The topological polar surface area (TPSA) is 41.5 Å². The van der Waals surface area contributed by atoms with E-state index in [9.17, 15) is 5.11 Å². The average molecular weight is 271 g/mol. The summed E-state index contributed by atoms with van der Waals surface area (Å²) < 4.78 is 5.99. The van der Waals surface area contributed by atoms with Crippen LogP contribution in [0.2, 0.25) is 0 Å². The van der Waals surface area contributed by atoms with Crippen LogP contribution in [0, 0.1) is 5.92 Å². The van der Waals surface area contributed by atoms with E-state index in [0.717, 1.165) is 25.4 Å². The van der Waals surface area contributed by atoms with Gasteiger partial charge in [0.25, 0.3) is 0 Å². The van der Waals surface area contributed by atoms with Gasteiger partial charge in [0.05, 0.1) is 12.7 Å². The summed E-state index contributed by atoms with van der Waals surface area (Å²) in [6, 6.07) is 0.400. The SMILES string of the molecule is CC1CCCC(OCCCC(C)(CO)NC(C)C)C1. The molecule has 1 aliphatic rings. The predicted octanol–water partition coefficient (Wildman–Crippen LogP) is 3.11. The van der Waals surface area contributed by atoms with Crippen molar-refractivity contribution < 1.29 is 9.84 Å². The molecule has 0 amide bonds. The maximum Gasteiger partial charge on any atom is 0.0610 e. The zero-order valence-corrected chi connectivity index (χ0v) is 13.2. The first kappa shape index (κ1) is 16.9. The normalized spacial score (nSPS) is 27.5. The van der Waals surface area contributed by atoms with E-state index in [2.05, 4.69) is 33.0 Å². The Balaban J connectivity index is 2.18. The Hall–Kier alpha value is -0.120. The molecule has 1 rings (SSSR count). The largest absolute Gasteiger partial charge is 0.394 e. The van der Waals surface area contributed by atoms with Crippen LogP contribution in [-0.4, -0.2) is 36.0 Å². The van der Waals surface area contributed by atoms with Crippen molar-refractivity contribution >= 4 is 0 Å². The van der Waals surface area contributed by atoms with Gasteiger partial charge in [-0.3, -0.25) is 0 Å². The highest BCUT2D eigenvalue weighted by Gasteiger charge is 2.24. The Morgan fingerprint density at radius 3 is 2.68 bits per heavy atom. The average Bonchev–Trinajstić information content (AvgIpc) is 2.34. The summed E-state index contributed by atoms with van der Waals surface area (Å²) in [6.07, 6.45) is 7.58. The van der Waals surface area contributed by atoms with E-state index < -0.39 is 0 Å². The third-order valence-electron chi connectivity index (χ3n) is 4.10. The van der Waals surface area contributed by atoms with E-state index in [-0.39, 0.29) is 12.1 Å². The predicted molar refractivity (Wildman–Crippen MR) is 80.4 cm³/mol. The lowest BCUT2D eigenvalue weighted by atomic mass is 9.88. The van der Waals surface area contributed by atoms with Crippen LogP contribution in [0.15, 0.2) is 0 Å². The van der Waals surface area contributed by atoms with Gasteiger partial charge in [-0.15, -0.1) is 0 Å². The number of aliphatic hydroxyl groups is 1. The summed E-state index contributed by atoms with van der Waals surface area (Å²) in [5.41, 5.74) is -0.169. The first-order chi connectivity index (χ1) is 8.95. The van der Waals surface area contributed by atoms with Gasteiger partial charge in [-0.2, -0.15) is 0 Å². The van der Waals surface area contributed by atoms with Crippen LogP contribution in [-0.2, 0) is 4.74 Å². The molecule has 0 aromatic rings. The van der Waals surface area contributed by atoms with Crippen molar-refractivity contribution in [2.24, 2.45) is 5.92 Å². The second-order valence-electron chi connectivity index (χ2n) is 6.89. The Bertz CT molecular complexity index is 245. The Labute approximate surface area is 119 Å². The summed E-state index contributed by atoms with van der Waals surface area (Å²) in [6.45, 7) is 9.67. The molecule has 0 radical (unpaired) electrons. The van der Waals surface area contributed by atoms with E-state index in [0.29, 0.717) is 12.1 Å². The Kier molecular flexibility index (Phi) is 7.33. The molecule has 1 saturated carbocycles. The molecule has 1 aliphatic carbocycles. The van der Waals surface area contributed by atoms with Crippen LogP contribution in [0.4, 0.5) is 0 Å². The fraction of sp³-hybridized carbons (Fsp3) is 1.00. The second-order valence-corrected chi connectivity index (χ2v) is 6.89. The first-order valence-electron chi connectivity index (χ1n) is 7.95. The smallest absolute Gasteiger partial charge is 0.0610 e. The van der Waals surface area contributed by atoms with Gasteiger partial charge in [0.1, 0.15) is 0 Å². The van der Waals surface area contributed by atoms with Gasteiger partial charge in [0, 0.05) is 18.2 Å². The van der Waals surface area contributed by atoms with Gasteiger partial charge >= 0.3 is 0 Å². The second kappa shape index (κ2) is 8.23. The fourth-order valence-electron chi connectivity index (χ4n) is 3.14. The van der Waals surface area contributed by atoms with Gasteiger partial charge in [0.2, 0.25) is 0 Å². The minimum atomic E-state index is -0.169.